The summed E-state index contributed by atoms with van der Waals surface area (Å²) < 4.78 is 0. The van der Waals surface area contributed by atoms with E-state index >= 15 is 0 Å². The predicted molar refractivity (Wildman–Crippen MR) is 45.4 cm³/mol. The number of aromatic nitrogens is 1. The van der Waals surface area contributed by atoms with Crippen molar-refractivity contribution in [2.45, 2.75) is 19.8 Å². The molecule has 11 heavy (non-hydrogen) atoms. The molecule has 3 nitrogen and oxygen atoms in total. The summed E-state index contributed by atoms with van der Waals surface area (Å²) >= 11 is 1.65. The van der Waals surface area contributed by atoms with E-state index in [9.17, 15) is 0 Å². The molecule has 0 radical (unpaired) electrons. The minimum absolute atomic E-state index is 0.354. The minimum Gasteiger partial charge on any atom is -0.304 e. The molecular formula is C7H12N2OS. The molecule has 0 amide bonds. The van der Waals surface area contributed by atoms with Crippen LogP contribution in [0.25, 0.3) is 0 Å². The molecule has 1 atom stereocenters. The molecule has 0 saturated heterocycles. The normalized spacial score (nSPS) is 13.4. The largest absolute Gasteiger partial charge is 0.304 e. The van der Waals surface area contributed by atoms with Crippen LogP contribution in [0.2, 0.25) is 0 Å². The molecule has 0 aliphatic carbocycles. The van der Waals surface area contributed by atoms with Crippen molar-refractivity contribution in [2.24, 2.45) is 5.90 Å². The molecular weight excluding hydrogens is 160 g/mol. The molecule has 1 aromatic rings. The van der Waals surface area contributed by atoms with Gasteiger partial charge >= 0.3 is 0 Å². The number of nitrogens with two attached hydrogens (primary N) is 1. The van der Waals surface area contributed by atoms with E-state index in [1.165, 1.54) is 4.88 Å². The van der Waals surface area contributed by atoms with Crippen molar-refractivity contribution < 1.29 is 4.84 Å². The first-order valence-corrected chi connectivity index (χ1v) is 4.35. The molecule has 62 valence electrons. The maximum atomic E-state index is 4.97. The summed E-state index contributed by atoms with van der Waals surface area (Å²) in [7, 11) is 0. The lowest BCUT2D eigenvalue weighted by Gasteiger charge is -2.06. The van der Waals surface area contributed by atoms with Crippen LogP contribution in [0, 0.1) is 6.92 Å². The van der Waals surface area contributed by atoms with Crippen molar-refractivity contribution in [1.82, 2.24) is 4.98 Å². The number of hydrogen-bond acceptors (Lipinski definition) is 4. The van der Waals surface area contributed by atoms with E-state index in [-0.39, 0.29) is 0 Å². The molecule has 0 fully saturated rings. The molecule has 1 aromatic heterocycles. The molecule has 0 aliphatic rings. The van der Waals surface area contributed by atoms with Crippen LogP contribution in [0.15, 0.2) is 5.51 Å². The molecule has 0 aliphatic heterocycles. The van der Waals surface area contributed by atoms with E-state index in [0.717, 1.165) is 5.69 Å². The Morgan fingerprint density at radius 1 is 1.82 bits per heavy atom. The third-order valence-electron chi connectivity index (χ3n) is 1.58. The highest BCUT2D eigenvalue weighted by atomic mass is 32.1. The second-order valence-corrected chi connectivity index (χ2v) is 3.42. The Morgan fingerprint density at radius 2 is 2.55 bits per heavy atom. The van der Waals surface area contributed by atoms with E-state index in [1.807, 2.05) is 12.4 Å². The van der Waals surface area contributed by atoms with Gasteiger partial charge in [-0.05, 0) is 6.92 Å². The topological polar surface area (TPSA) is 48.1 Å². The van der Waals surface area contributed by atoms with Crippen molar-refractivity contribution in [3.8, 4) is 0 Å². The fraction of sp³-hybridized carbons (Fsp3) is 0.571. The highest BCUT2D eigenvalue weighted by Crippen LogP contribution is 2.22. The van der Waals surface area contributed by atoms with Gasteiger partial charge in [0.25, 0.3) is 0 Å². The molecule has 2 N–H and O–H groups in total. The molecule has 1 unspecified atom stereocenters. The van der Waals surface area contributed by atoms with Crippen LogP contribution in [0.3, 0.4) is 0 Å². The maximum Gasteiger partial charge on any atom is 0.0797 e. The van der Waals surface area contributed by atoms with Gasteiger partial charge in [0, 0.05) is 10.8 Å². The van der Waals surface area contributed by atoms with Gasteiger partial charge in [0.15, 0.2) is 0 Å². The van der Waals surface area contributed by atoms with Crippen LogP contribution in [0.4, 0.5) is 0 Å². The summed E-state index contributed by atoms with van der Waals surface area (Å²) in [6.45, 7) is 4.63. The van der Waals surface area contributed by atoms with E-state index in [2.05, 4.69) is 16.7 Å². The SMILES string of the molecule is Cc1ncsc1C(C)CON. The highest BCUT2D eigenvalue weighted by molar-refractivity contribution is 7.09. The van der Waals surface area contributed by atoms with Crippen LogP contribution in [0.1, 0.15) is 23.4 Å². The summed E-state index contributed by atoms with van der Waals surface area (Å²) in [5.41, 5.74) is 2.93. The fourth-order valence-corrected chi connectivity index (χ4v) is 1.85. The fourth-order valence-electron chi connectivity index (χ4n) is 1.00. The van der Waals surface area contributed by atoms with Crippen LogP contribution < -0.4 is 5.90 Å². The molecule has 1 rings (SSSR count). The van der Waals surface area contributed by atoms with Gasteiger partial charge in [0.1, 0.15) is 0 Å². The van der Waals surface area contributed by atoms with Crippen molar-refractivity contribution >= 4 is 11.3 Å². The predicted octanol–water partition coefficient (Wildman–Crippen LogP) is 1.45. The molecule has 0 bridgehead atoms. The minimum atomic E-state index is 0.354. The molecule has 1 heterocycles. The first kappa shape index (κ1) is 8.64. The smallest absolute Gasteiger partial charge is 0.0797 e. The van der Waals surface area contributed by atoms with Gasteiger partial charge < -0.3 is 4.84 Å². The van der Waals surface area contributed by atoms with Crippen molar-refractivity contribution in [2.75, 3.05) is 6.61 Å². The third kappa shape index (κ3) is 1.99. The molecule has 0 spiro atoms. The van der Waals surface area contributed by atoms with Gasteiger partial charge in [0.2, 0.25) is 0 Å². The Hall–Kier alpha value is -0.450. The summed E-state index contributed by atoms with van der Waals surface area (Å²) in [6.07, 6.45) is 0. The first-order valence-electron chi connectivity index (χ1n) is 3.47. The van der Waals surface area contributed by atoms with Crippen LogP contribution in [-0.2, 0) is 4.84 Å². The van der Waals surface area contributed by atoms with Crippen molar-refractivity contribution in [3.05, 3.63) is 16.1 Å². The number of aryl methyl sites for hydroxylation is 1. The van der Waals surface area contributed by atoms with Gasteiger partial charge in [-0.15, -0.1) is 11.3 Å². The monoisotopic (exact) mass is 172 g/mol. The van der Waals surface area contributed by atoms with Crippen LogP contribution in [-0.4, -0.2) is 11.6 Å². The van der Waals surface area contributed by atoms with E-state index in [1.54, 1.807) is 11.3 Å². The zero-order valence-electron chi connectivity index (χ0n) is 6.70. The summed E-state index contributed by atoms with van der Waals surface area (Å²) in [5, 5.41) is 0. The van der Waals surface area contributed by atoms with Gasteiger partial charge in [-0.1, -0.05) is 6.92 Å². The van der Waals surface area contributed by atoms with Gasteiger partial charge in [0.05, 0.1) is 17.8 Å². The van der Waals surface area contributed by atoms with E-state index in [0.29, 0.717) is 12.5 Å². The third-order valence-corrected chi connectivity index (χ3v) is 2.74. The van der Waals surface area contributed by atoms with Crippen molar-refractivity contribution in [3.63, 3.8) is 0 Å². The lowest BCUT2D eigenvalue weighted by atomic mass is 10.1. The van der Waals surface area contributed by atoms with Crippen molar-refractivity contribution in [1.29, 1.82) is 0 Å². The Kier molecular flexibility index (Phi) is 2.99. The Bertz CT molecular complexity index is 224. The van der Waals surface area contributed by atoms with Crippen LogP contribution >= 0.6 is 11.3 Å². The first-order chi connectivity index (χ1) is 5.25. The Morgan fingerprint density at radius 3 is 3.00 bits per heavy atom. The average Bonchev–Trinajstić information content (AvgIpc) is 2.36. The standard InChI is InChI=1S/C7H12N2OS/c1-5(3-10-8)7-6(2)9-4-11-7/h4-5H,3,8H2,1-2H3. The maximum absolute atomic E-state index is 4.97. The zero-order valence-corrected chi connectivity index (χ0v) is 7.52. The lowest BCUT2D eigenvalue weighted by Crippen LogP contribution is -2.08. The lowest BCUT2D eigenvalue weighted by molar-refractivity contribution is 0.127. The summed E-state index contributed by atoms with van der Waals surface area (Å²) in [4.78, 5) is 9.96. The van der Waals surface area contributed by atoms with E-state index < -0.39 is 0 Å². The number of nitrogens with zero attached hydrogens (tertiary/aromatic N) is 1. The highest BCUT2D eigenvalue weighted by Gasteiger charge is 2.10. The summed E-state index contributed by atoms with van der Waals surface area (Å²) in [5.74, 6) is 5.32. The number of rotatable bonds is 3. The summed E-state index contributed by atoms with van der Waals surface area (Å²) in [6, 6.07) is 0. The van der Waals surface area contributed by atoms with Gasteiger partial charge in [-0.3, -0.25) is 0 Å². The number of hydrogen-bond donors (Lipinski definition) is 1. The second-order valence-electron chi connectivity index (χ2n) is 2.54. The molecule has 0 aromatic carbocycles. The average molecular weight is 172 g/mol. The van der Waals surface area contributed by atoms with Gasteiger partial charge in [-0.25, -0.2) is 10.9 Å². The molecule has 0 saturated carbocycles. The quantitative estimate of drug-likeness (QED) is 0.702. The Balaban J connectivity index is 2.67. The second kappa shape index (κ2) is 3.80. The van der Waals surface area contributed by atoms with Gasteiger partial charge in [-0.2, -0.15) is 0 Å². The number of thiazole rings is 1. The molecule has 4 heteroatoms. The zero-order chi connectivity index (χ0) is 8.27. The Labute approximate surface area is 70.2 Å². The van der Waals surface area contributed by atoms with Crippen LogP contribution in [0.5, 0.6) is 0 Å². The van der Waals surface area contributed by atoms with E-state index in [4.69, 9.17) is 5.90 Å².